The Morgan fingerprint density at radius 3 is 2.16 bits per heavy atom. The maximum atomic E-state index is 12.8. The highest BCUT2D eigenvalue weighted by Gasteiger charge is 2.12. The average molecular weight is 345 g/mol. The van der Waals surface area contributed by atoms with E-state index in [-0.39, 0.29) is 12.1 Å². The summed E-state index contributed by atoms with van der Waals surface area (Å²) in [7, 11) is 1.51. The van der Waals surface area contributed by atoms with E-state index in [1.165, 1.54) is 19.2 Å². The van der Waals surface area contributed by atoms with Gasteiger partial charge in [0.15, 0.2) is 12.4 Å². The number of hydrogen-bond donors (Lipinski definition) is 1. The third-order valence-electron chi connectivity index (χ3n) is 3.28. The van der Waals surface area contributed by atoms with Gasteiger partial charge in [0.05, 0.1) is 7.11 Å². The van der Waals surface area contributed by atoms with E-state index in [4.69, 9.17) is 9.47 Å². The number of nitrogens with one attached hydrogen (secondary N) is 1. The summed E-state index contributed by atoms with van der Waals surface area (Å²) in [5.41, 5.74) is 0.590. The summed E-state index contributed by atoms with van der Waals surface area (Å²) in [5.74, 6) is -1.53. The Morgan fingerprint density at radius 2 is 1.56 bits per heavy atom. The molecule has 7 heteroatoms. The number of ether oxygens (including phenoxy) is 2. The number of benzene rings is 2. The molecule has 0 saturated heterocycles. The van der Waals surface area contributed by atoms with Gasteiger partial charge in [0, 0.05) is 11.1 Å². The Kier molecular flexibility index (Phi) is 6.22. The van der Waals surface area contributed by atoms with E-state index in [0.29, 0.717) is 11.3 Å². The Balaban J connectivity index is 1.77. The summed E-state index contributed by atoms with van der Waals surface area (Å²) >= 11 is 0. The fourth-order valence-electron chi connectivity index (χ4n) is 1.91. The van der Waals surface area contributed by atoms with Crippen LogP contribution < -0.4 is 10.1 Å². The maximum absolute atomic E-state index is 12.8. The molecule has 2 rings (SSSR count). The van der Waals surface area contributed by atoms with Crippen molar-refractivity contribution in [2.24, 2.45) is 0 Å². The first-order valence-corrected chi connectivity index (χ1v) is 7.36. The van der Waals surface area contributed by atoms with Crippen molar-refractivity contribution in [2.75, 3.05) is 20.3 Å². The molecule has 0 saturated carbocycles. The molecule has 0 aliphatic rings. The second-order valence-corrected chi connectivity index (χ2v) is 5.00. The lowest BCUT2D eigenvalue weighted by molar-refractivity contribution is -0.141. The minimum Gasteiger partial charge on any atom is -0.497 e. The largest absolute Gasteiger partial charge is 0.497 e. The van der Waals surface area contributed by atoms with Gasteiger partial charge in [-0.1, -0.05) is 0 Å². The predicted octanol–water partition coefficient (Wildman–Crippen LogP) is 1.99. The van der Waals surface area contributed by atoms with Crippen LogP contribution in [0.3, 0.4) is 0 Å². The van der Waals surface area contributed by atoms with Gasteiger partial charge in [-0.2, -0.15) is 0 Å². The average Bonchev–Trinajstić information content (AvgIpc) is 2.64. The fourth-order valence-corrected chi connectivity index (χ4v) is 1.91. The van der Waals surface area contributed by atoms with Crippen molar-refractivity contribution in [2.45, 2.75) is 0 Å². The smallest absolute Gasteiger partial charge is 0.325 e. The lowest BCUT2D eigenvalue weighted by atomic mass is 10.1. The van der Waals surface area contributed by atoms with Crippen LogP contribution in [0.25, 0.3) is 0 Å². The van der Waals surface area contributed by atoms with Crippen molar-refractivity contribution in [3.63, 3.8) is 0 Å². The quantitative estimate of drug-likeness (QED) is 0.613. The Hall–Kier alpha value is -3.22. The molecule has 0 radical (unpaired) electrons. The first-order chi connectivity index (χ1) is 12.0. The highest BCUT2D eigenvalue weighted by molar-refractivity contribution is 5.98. The van der Waals surface area contributed by atoms with Gasteiger partial charge < -0.3 is 14.8 Å². The van der Waals surface area contributed by atoms with Gasteiger partial charge in [-0.25, -0.2) is 4.39 Å². The van der Waals surface area contributed by atoms with Crippen LogP contribution in [0.5, 0.6) is 5.75 Å². The van der Waals surface area contributed by atoms with Gasteiger partial charge in [0.2, 0.25) is 0 Å². The standard InChI is InChI=1S/C18H16FNO5/c1-24-15-8-4-13(5-9-15)18(23)20-10-17(22)25-11-16(21)12-2-6-14(19)7-3-12/h2-9H,10-11H2,1H3,(H,20,23). The second kappa shape index (κ2) is 8.58. The van der Waals surface area contributed by atoms with E-state index in [9.17, 15) is 18.8 Å². The Morgan fingerprint density at radius 1 is 0.960 bits per heavy atom. The zero-order valence-electron chi connectivity index (χ0n) is 13.5. The molecule has 0 aliphatic heterocycles. The van der Waals surface area contributed by atoms with E-state index < -0.39 is 30.1 Å². The van der Waals surface area contributed by atoms with Crippen LogP contribution in [0.1, 0.15) is 20.7 Å². The number of methoxy groups -OCH3 is 1. The third-order valence-corrected chi connectivity index (χ3v) is 3.28. The Labute approximate surface area is 143 Å². The third kappa shape index (κ3) is 5.42. The zero-order valence-corrected chi connectivity index (χ0v) is 13.5. The molecule has 0 spiro atoms. The minimum absolute atomic E-state index is 0.233. The summed E-state index contributed by atoms with van der Waals surface area (Å²) < 4.78 is 22.6. The molecule has 0 heterocycles. The number of carbonyl (C=O) groups excluding carboxylic acids is 3. The van der Waals surface area contributed by atoms with Crippen molar-refractivity contribution < 1.29 is 28.2 Å². The van der Waals surface area contributed by atoms with Crippen LogP contribution in [-0.2, 0) is 9.53 Å². The molecule has 25 heavy (non-hydrogen) atoms. The number of rotatable bonds is 7. The Bertz CT molecular complexity index is 756. The van der Waals surface area contributed by atoms with Gasteiger partial charge in [0.1, 0.15) is 18.1 Å². The summed E-state index contributed by atoms with van der Waals surface area (Å²) in [6.45, 7) is -0.857. The fraction of sp³-hybridized carbons (Fsp3) is 0.167. The summed E-state index contributed by atoms with van der Waals surface area (Å²) in [6, 6.07) is 11.2. The highest BCUT2D eigenvalue weighted by atomic mass is 19.1. The molecule has 0 unspecified atom stereocenters. The van der Waals surface area contributed by atoms with Crippen molar-refractivity contribution in [1.82, 2.24) is 5.32 Å². The van der Waals surface area contributed by atoms with Crippen LogP contribution in [0, 0.1) is 5.82 Å². The molecule has 130 valence electrons. The van der Waals surface area contributed by atoms with Gasteiger partial charge >= 0.3 is 5.97 Å². The number of hydrogen-bond acceptors (Lipinski definition) is 5. The van der Waals surface area contributed by atoms with E-state index >= 15 is 0 Å². The normalized spacial score (nSPS) is 10.0. The summed E-state index contributed by atoms with van der Waals surface area (Å²) in [4.78, 5) is 35.3. The second-order valence-electron chi connectivity index (χ2n) is 5.00. The van der Waals surface area contributed by atoms with E-state index in [0.717, 1.165) is 12.1 Å². The molecule has 6 nitrogen and oxygen atoms in total. The minimum atomic E-state index is -0.752. The summed E-state index contributed by atoms with van der Waals surface area (Å²) in [6.07, 6.45) is 0. The maximum Gasteiger partial charge on any atom is 0.325 e. The molecule has 0 fully saturated rings. The van der Waals surface area contributed by atoms with Gasteiger partial charge in [-0.15, -0.1) is 0 Å². The molecule has 0 aliphatic carbocycles. The SMILES string of the molecule is COc1ccc(C(=O)NCC(=O)OCC(=O)c2ccc(F)cc2)cc1. The van der Waals surface area contributed by atoms with Crippen molar-refractivity contribution >= 4 is 17.7 Å². The molecule has 0 bridgehead atoms. The molecular weight excluding hydrogens is 329 g/mol. The molecule has 0 atom stereocenters. The van der Waals surface area contributed by atoms with Gasteiger partial charge in [-0.3, -0.25) is 14.4 Å². The molecular formula is C18H16FNO5. The van der Waals surface area contributed by atoms with Crippen LogP contribution in [0.15, 0.2) is 48.5 Å². The first-order valence-electron chi connectivity index (χ1n) is 7.36. The summed E-state index contributed by atoms with van der Waals surface area (Å²) in [5, 5.41) is 2.39. The van der Waals surface area contributed by atoms with E-state index in [1.807, 2.05) is 0 Å². The lowest BCUT2D eigenvalue weighted by Gasteiger charge is -2.07. The predicted molar refractivity (Wildman–Crippen MR) is 87.0 cm³/mol. The first kappa shape index (κ1) is 18.1. The molecule has 1 amide bonds. The number of esters is 1. The van der Waals surface area contributed by atoms with Crippen LogP contribution in [0.2, 0.25) is 0 Å². The van der Waals surface area contributed by atoms with Gasteiger partial charge in [0.25, 0.3) is 5.91 Å². The number of amides is 1. The number of carbonyl (C=O) groups is 3. The van der Waals surface area contributed by atoms with Crippen LogP contribution in [0.4, 0.5) is 4.39 Å². The number of ketones is 1. The van der Waals surface area contributed by atoms with Crippen LogP contribution in [-0.4, -0.2) is 37.9 Å². The molecule has 2 aromatic carbocycles. The highest BCUT2D eigenvalue weighted by Crippen LogP contribution is 2.11. The molecule has 1 N–H and O–H groups in total. The van der Waals surface area contributed by atoms with Gasteiger partial charge in [-0.05, 0) is 48.5 Å². The monoisotopic (exact) mass is 345 g/mol. The molecule has 0 aromatic heterocycles. The number of Topliss-reactive ketones (excluding diaryl/α,β-unsaturated/α-hetero) is 1. The van der Waals surface area contributed by atoms with E-state index in [1.54, 1.807) is 24.3 Å². The zero-order chi connectivity index (χ0) is 18.2. The van der Waals surface area contributed by atoms with Crippen LogP contribution >= 0.6 is 0 Å². The van der Waals surface area contributed by atoms with Crippen molar-refractivity contribution in [3.8, 4) is 5.75 Å². The molecule has 2 aromatic rings. The lowest BCUT2D eigenvalue weighted by Crippen LogP contribution is -2.31. The van der Waals surface area contributed by atoms with Crippen molar-refractivity contribution in [1.29, 1.82) is 0 Å². The van der Waals surface area contributed by atoms with Crippen molar-refractivity contribution in [3.05, 3.63) is 65.5 Å². The number of halogens is 1. The van der Waals surface area contributed by atoms with E-state index in [2.05, 4.69) is 5.32 Å². The topological polar surface area (TPSA) is 81.7 Å².